The summed E-state index contributed by atoms with van der Waals surface area (Å²) in [6, 6.07) is 20.9. The summed E-state index contributed by atoms with van der Waals surface area (Å²) in [6.07, 6.45) is 4.26. The molecule has 140 valence electrons. The molecule has 0 aliphatic heterocycles. The van der Waals surface area contributed by atoms with Gasteiger partial charge in [0.2, 0.25) is 0 Å². The van der Waals surface area contributed by atoms with Crippen LogP contribution in [0.25, 0.3) is 11.1 Å². The van der Waals surface area contributed by atoms with Crippen LogP contribution in [0.2, 0.25) is 0 Å². The molecule has 1 atom stereocenters. The largest absolute Gasteiger partial charge is 0.287 e. The van der Waals surface area contributed by atoms with Gasteiger partial charge in [0.25, 0.3) is 0 Å². The fourth-order valence-electron chi connectivity index (χ4n) is 3.17. The molecular formula is C25H28OS. The summed E-state index contributed by atoms with van der Waals surface area (Å²) in [5.41, 5.74) is 4.85. The molecular weight excluding hydrogens is 348 g/mol. The monoisotopic (exact) mass is 376 g/mol. The van der Waals surface area contributed by atoms with Gasteiger partial charge < -0.3 is 0 Å². The first-order valence-corrected chi connectivity index (χ1v) is 10.5. The van der Waals surface area contributed by atoms with Crippen molar-refractivity contribution in [2.24, 2.45) is 11.3 Å². The number of carbonyl (C=O) groups excluding carboxylic acids is 1. The van der Waals surface area contributed by atoms with Crippen molar-refractivity contribution in [1.82, 2.24) is 0 Å². The molecule has 1 unspecified atom stereocenters. The van der Waals surface area contributed by atoms with Gasteiger partial charge in [-0.3, -0.25) is 4.79 Å². The molecule has 0 heterocycles. The van der Waals surface area contributed by atoms with E-state index in [9.17, 15) is 4.79 Å². The van der Waals surface area contributed by atoms with Crippen molar-refractivity contribution in [2.45, 2.75) is 40.5 Å². The molecule has 2 aromatic carbocycles. The fraction of sp³-hybridized carbons (Fsp3) is 0.320. The Kier molecular flexibility index (Phi) is 6.06. The van der Waals surface area contributed by atoms with Gasteiger partial charge in [0.05, 0.1) is 0 Å². The van der Waals surface area contributed by atoms with Crippen LogP contribution in [0.15, 0.2) is 71.6 Å². The normalized spacial score (nSPS) is 16.1. The zero-order valence-corrected chi connectivity index (χ0v) is 17.5. The van der Waals surface area contributed by atoms with Crippen molar-refractivity contribution in [1.29, 1.82) is 0 Å². The predicted molar refractivity (Wildman–Crippen MR) is 118 cm³/mol. The molecule has 1 nitrogen and oxygen atoms in total. The van der Waals surface area contributed by atoms with Crippen molar-refractivity contribution in [3.63, 3.8) is 0 Å². The second-order valence-corrected chi connectivity index (χ2v) is 9.22. The number of allylic oxidation sites excluding steroid dienone is 3. The lowest BCUT2D eigenvalue weighted by atomic mass is 9.83. The Morgan fingerprint density at radius 3 is 2.04 bits per heavy atom. The topological polar surface area (TPSA) is 17.1 Å². The number of thioether (sulfide) groups is 1. The van der Waals surface area contributed by atoms with Gasteiger partial charge in [-0.1, -0.05) is 106 Å². The molecule has 1 aliphatic rings. The van der Waals surface area contributed by atoms with Gasteiger partial charge in [0.15, 0.2) is 5.12 Å². The molecule has 2 heteroatoms. The van der Waals surface area contributed by atoms with Crippen LogP contribution in [0, 0.1) is 11.3 Å². The zero-order valence-electron chi connectivity index (χ0n) is 16.7. The lowest BCUT2D eigenvalue weighted by molar-refractivity contribution is -0.116. The van der Waals surface area contributed by atoms with Gasteiger partial charge in [0.1, 0.15) is 0 Å². The van der Waals surface area contributed by atoms with E-state index in [1.54, 1.807) is 0 Å². The Bertz CT molecular complexity index is 854. The zero-order chi connectivity index (χ0) is 19.4. The Balaban J connectivity index is 2.06. The highest BCUT2D eigenvalue weighted by Crippen LogP contribution is 2.45. The Labute approximate surface area is 167 Å². The average Bonchev–Trinajstić information content (AvgIpc) is 2.68. The first-order valence-electron chi connectivity index (χ1n) is 9.64. The van der Waals surface area contributed by atoms with Crippen molar-refractivity contribution >= 4 is 28.0 Å². The third kappa shape index (κ3) is 4.62. The third-order valence-electron chi connectivity index (χ3n) is 5.32. The maximum absolute atomic E-state index is 13.1. The number of hydrogen-bond acceptors (Lipinski definition) is 2. The standard InChI is InChI=1S/C25H28OS/c1-18(25(2,3)4)24(26)27-23-21(19-12-7-5-8-13-19)16-11-17-22(23)20-14-9-6-10-15-20/h5-10,12-16,18H,11,17H2,1-4H3. The summed E-state index contributed by atoms with van der Waals surface area (Å²) >= 11 is 1.43. The maximum atomic E-state index is 13.1. The minimum absolute atomic E-state index is 0.00836. The quantitative estimate of drug-likeness (QED) is 0.560. The summed E-state index contributed by atoms with van der Waals surface area (Å²) in [7, 11) is 0. The minimum Gasteiger partial charge on any atom is -0.287 e. The van der Waals surface area contributed by atoms with Crippen LogP contribution in [0.1, 0.15) is 51.7 Å². The predicted octanol–water partition coefficient (Wildman–Crippen LogP) is 7.22. The fourth-order valence-corrected chi connectivity index (χ4v) is 4.56. The van der Waals surface area contributed by atoms with Gasteiger partial charge in [-0.25, -0.2) is 0 Å². The molecule has 3 rings (SSSR count). The van der Waals surface area contributed by atoms with E-state index in [0.29, 0.717) is 0 Å². The summed E-state index contributed by atoms with van der Waals surface area (Å²) in [5.74, 6) is -0.00836. The second-order valence-electron chi connectivity index (χ2n) is 8.21. The van der Waals surface area contributed by atoms with Crippen molar-refractivity contribution in [3.05, 3.63) is 82.8 Å². The molecule has 0 fully saturated rings. The van der Waals surface area contributed by atoms with Crippen molar-refractivity contribution in [3.8, 4) is 0 Å². The van der Waals surface area contributed by atoms with E-state index < -0.39 is 0 Å². The molecule has 1 aliphatic carbocycles. The van der Waals surface area contributed by atoms with Crippen LogP contribution >= 0.6 is 11.8 Å². The van der Waals surface area contributed by atoms with Gasteiger partial charge >= 0.3 is 0 Å². The molecule has 2 aromatic rings. The van der Waals surface area contributed by atoms with E-state index in [2.05, 4.69) is 75.4 Å². The molecule has 0 saturated heterocycles. The molecule has 0 radical (unpaired) electrons. The number of benzene rings is 2. The average molecular weight is 377 g/mol. The SMILES string of the molecule is CC(C(=O)SC1=C(c2ccccc2)CCC=C1c1ccccc1)C(C)(C)C. The molecule has 0 N–H and O–H groups in total. The Morgan fingerprint density at radius 2 is 1.48 bits per heavy atom. The van der Waals surface area contributed by atoms with E-state index in [1.807, 2.05) is 19.1 Å². The lowest BCUT2D eigenvalue weighted by Gasteiger charge is -2.28. The third-order valence-corrected chi connectivity index (χ3v) is 6.55. The van der Waals surface area contributed by atoms with E-state index in [1.165, 1.54) is 34.0 Å². The highest BCUT2D eigenvalue weighted by atomic mass is 32.2. The first-order chi connectivity index (χ1) is 12.9. The van der Waals surface area contributed by atoms with Crippen LogP contribution in [-0.2, 0) is 4.79 Å². The van der Waals surface area contributed by atoms with Crippen LogP contribution in [-0.4, -0.2) is 5.12 Å². The van der Waals surface area contributed by atoms with Gasteiger partial charge in [-0.05, 0) is 40.5 Å². The van der Waals surface area contributed by atoms with E-state index in [0.717, 1.165) is 17.7 Å². The van der Waals surface area contributed by atoms with E-state index >= 15 is 0 Å². The Morgan fingerprint density at radius 1 is 0.926 bits per heavy atom. The molecule has 0 saturated carbocycles. The summed E-state index contributed by atoms with van der Waals surface area (Å²) in [5, 5.41) is 0.245. The van der Waals surface area contributed by atoms with Gasteiger partial charge in [-0.15, -0.1) is 0 Å². The second kappa shape index (κ2) is 8.31. The summed E-state index contributed by atoms with van der Waals surface area (Å²) in [6.45, 7) is 8.46. The molecule has 0 amide bonds. The molecule has 0 aromatic heterocycles. The van der Waals surface area contributed by atoms with Crippen LogP contribution in [0.4, 0.5) is 0 Å². The molecule has 0 spiro atoms. The highest BCUT2D eigenvalue weighted by molar-refractivity contribution is 8.17. The van der Waals surface area contributed by atoms with Crippen molar-refractivity contribution < 1.29 is 4.79 Å². The molecule has 27 heavy (non-hydrogen) atoms. The van der Waals surface area contributed by atoms with Gasteiger partial charge in [-0.2, -0.15) is 0 Å². The summed E-state index contributed by atoms with van der Waals surface area (Å²) < 4.78 is 0. The maximum Gasteiger partial charge on any atom is 0.197 e. The minimum atomic E-state index is -0.0388. The van der Waals surface area contributed by atoms with Gasteiger partial charge in [0, 0.05) is 10.8 Å². The molecule has 0 bridgehead atoms. The lowest BCUT2D eigenvalue weighted by Crippen LogP contribution is -2.24. The van der Waals surface area contributed by atoms with E-state index in [-0.39, 0.29) is 16.4 Å². The smallest absolute Gasteiger partial charge is 0.197 e. The summed E-state index contributed by atoms with van der Waals surface area (Å²) in [4.78, 5) is 14.2. The number of rotatable bonds is 4. The van der Waals surface area contributed by atoms with Crippen LogP contribution in [0.5, 0.6) is 0 Å². The van der Waals surface area contributed by atoms with Crippen molar-refractivity contribution in [2.75, 3.05) is 0 Å². The number of hydrogen-bond donors (Lipinski definition) is 0. The highest BCUT2D eigenvalue weighted by Gasteiger charge is 2.30. The van der Waals surface area contributed by atoms with E-state index in [4.69, 9.17) is 0 Å². The Hall–Kier alpha value is -2.06. The van der Waals surface area contributed by atoms with Crippen LogP contribution in [0.3, 0.4) is 0 Å². The number of carbonyl (C=O) groups is 1. The first kappa shape index (κ1) is 19.7. The van der Waals surface area contributed by atoms with Crippen LogP contribution < -0.4 is 0 Å².